The predicted molar refractivity (Wildman–Crippen MR) is 61.5 cm³/mol. The van der Waals surface area contributed by atoms with Crippen molar-refractivity contribution in [1.29, 1.82) is 0 Å². The molecule has 0 aliphatic heterocycles. The van der Waals surface area contributed by atoms with E-state index in [1.54, 1.807) is 0 Å². The molecule has 0 saturated heterocycles. The van der Waals surface area contributed by atoms with Crippen LogP contribution in [-0.4, -0.2) is 56.3 Å². The van der Waals surface area contributed by atoms with Crippen LogP contribution < -0.4 is 5.32 Å². The molecule has 23 heavy (non-hydrogen) atoms. The largest absolute Gasteiger partial charge is 0.438 e. The summed E-state index contributed by atoms with van der Waals surface area (Å²) < 4.78 is 142. The second-order valence-corrected chi connectivity index (χ2v) is 5.60. The summed E-state index contributed by atoms with van der Waals surface area (Å²) in [6.07, 6.45) is -5.38. The van der Waals surface area contributed by atoms with Crippen LogP contribution in [0.1, 0.15) is 13.3 Å². The molecule has 2 N–H and O–H groups in total. The van der Waals surface area contributed by atoms with Crippen LogP contribution in [0.15, 0.2) is 0 Å². The van der Waals surface area contributed by atoms with Gasteiger partial charge in [-0.3, -0.25) is 4.55 Å². The average molecular weight is 387 g/mol. The first-order valence-electron chi connectivity index (χ1n) is 5.60. The molecule has 0 aromatic heterocycles. The standard InChI is InChI=1S/C7H7F9O3S.C2H7N/c1-2-3(8)4(9,10)5(11,12)6(13,14)7(15,16)20(17,18)19;1-3-2/h3H,2H2,1H3,(H,17,18,19);3H,1-2H3. The maximum Gasteiger partial charge on any atom is 0.438 e. The number of hydrogen-bond acceptors (Lipinski definition) is 3. The van der Waals surface area contributed by atoms with E-state index in [9.17, 15) is 47.9 Å². The number of rotatable bonds is 6. The van der Waals surface area contributed by atoms with Gasteiger partial charge in [-0.2, -0.15) is 43.5 Å². The molecule has 0 radical (unpaired) electrons. The van der Waals surface area contributed by atoms with Gasteiger partial charge in [0.1, 0.15) is 0 Å². The lowest BCUT2D eigenvalue weighted by Crippen LogP contribution is -2.66. The molecule has 0 spiro atoms. The van der Waals surface area contributed by atoms with Crippen molar-refractivity contribution >= 4 is 10.1 Å². The van der Waals surface area contributed by atoms with Crippen LogP contribution >= 0.6 is 0 Å². The van der Waals surface area contributed by atoms with Gasteiger partial charge in [0.15, 0.2) is 6.17 Å². The topological polar surface area (TPSA) is 66.4 Å². The average Bonchev–Trinajstić information content (AvgIpc) is 2.36. The third-order valence-corrected chi connectivity index (χ3v) is 3.16. The molecular weight excluding hydrogens is 373 g/mol. The van der Waals surface area contributed by atoms with E-state index in [0.717, 1.165) is 0 Å². The maximum atomic E-state index is 12.8. The van der Waals surface area contributed by atoms with Crippen LogP contribution in [-0.2, 0) is 10.1 Å². The van der Waals surface area contributed by atoms with E-state index in [1.807, 2.05) is 14.1 Å². The summed E-state index contributed by atoms with van der Waals surface area (Å²) in [5, 5.41) is -4.19. The van der Waals surface area contributed by atoms with Gasteiger partial charge in [0.25, 0.3) is 0 Å². The van der Waals surface area contributed by atoms with E-state index >= 15 is 0 Å². The summed E-state index contributed by atoms with van der Waals surface area (Å²) in [5.41, 5.74) is 0. The van der Waals surface area contributed by atoms with Gasteiger partial charge in [-0.1, -0.05) is 6.92 Å². The lowest BCUT2D eigenvalue weighted by Gasteiger charge is -2.36. The van der Waals surface area contributed by atoms with E-state index in [2.05, 4.69) is 5.32 Å². The Morgan fingerprint density at radius 1 is 0.957 bits per heavy atom. The van der Waals surface area contributed by atoms with Gasteiger partial charge in [-0.25, -0.2) is 4.39 Å². The van der Waals surface area contributed by atoms with Crippen LogP contribution in [0.3, 0.4) is 0 Å². The fraction of sp³-hybridized carbons (Fsp3) is 1.00. The summed E-state index contributed by atoms with van der Waals surface area (Å²) in [6.45, 7) is 0.535. The van der Waals surface area contributed by atoms with E-state index in [4.69, 9.17) is 4.55 Å². The minimum atomic E-state index is -7.25. The molecule has 0 bridgehead atoms. The van der Waals surface area contributed by atoms with E-state index in [-0.39, 0.29) is 0 Å². The molecule has 0 aromatic rings. The van der Waals surface area contributed by atoms with Gasteiger partial charge < -0.3 is 5.32 Å². The maximum absolute atomic E-state index is 12.8. The Morgan fingerprint density at radius 3 is 1.48 bits per heavy atom. The Morgan fingerprint density at radius 2 is 1.26 bits per heavy atom. The van der Waals surface area contributed by atoms with Crippen LogP contribution in [0.2, 0.25) is 0 Å². The predicted octanol–water partition coefficient (Wildman–Crippen LogP) is 2.96. The molecule has 0 amide bonds. The summed E-state index contributed by atoms with van der Waals surface area (Å²) >= 11 is 0. The SMILES string of the molecule is CCC(F)C(F)(F)C(F)(F)C(F)(F)C(F)(F)S(=O)(=O)O.CNC. The highest BCUT2D eigenvalue weighted by Gasteiger charge is 2.85. The number of hydrogen-bond donors (Lipinski definition) is 2. The molecule has 142 valence electrons. The zero-order valence-corrected chi connectivity index (χ0v) is 12.7. The van der Waals surface area contributed by atoms with Crippen molar-refractivity contribution in [2.45, 2.75) is 42.5 Å². The minimum absolute atomic E-state index is 0.535. The van der Waals surface area contributed by atoms with Crippen LogP contribution in [0.4, 0.5) is 39.5 Å². The highest BCUT2D eigenvalue weighted by Crippen LogP contribution is 2.55. The minimum Gasteiger partial charge on any atom is -0.323 e. The summed E-state index contributed by atoms with van der Waals surface area (Å²) in [4.78, 5) is 0. The van der Waals surface area contributed by atoms with Crippen molar-refractivity contribution in [2.24, 2.45) is 0 Å². The summed E-state index contributed by atoms with van der Waals surface area (Å²) in [6, 6.07) is 0. The molecule has 0 rings (SSSR count). The van der Waals surface area contributed by atoms with E-state index in [0.29, 0.717) is 6.92 Å². The first kappa shape index (κ1) is 24.5. The monoisotopic (exact) mass is 387 g/mol. The smallest absolute Gasteiger partial charge is 0.323 e. The van der Waals surface area contributed by atoms with Crippen molar-refractivity contribution < 1.29 is 52.5 Å². The first-order chi connectivity index (χ1) is 9.90. The lowest BCUT2D eigenvalue weighted by molar-refractivity contribution is -0.359. The van der Waals surface area contributed by atoms with Crippen LogP contribution in [0.25, 0.3) is 0 Å². The zero-order valence-electron chi connectivity index (χ0n) is 11.9. The van der Waals surface area contributed by atoms with Crippen molar-refractivity contribution in [3.63, 3.8) is 0 Å². The molecule has 14 heteroatoms. The third kappa shape index (κ3) is 4.21. The molecule has 1 unspecified atom stereocenters. The van der Waals surface area contributed by atoms with Gasteiger partial charge in [0.2, 0.25) is 0 Å². The van der Waals surface area contributed by atoms with Gasteiger partial charge in [-0.05, 0) is 20.5 Å². The molecule has 0 fully saturated rings. The van der Waals surface area contributed by atoms with Crippen molar-refractivity contribution in [3.8, 4) is 0 Å². The Bertz CT molecular complexity index is 481. The molecule has 0 aromatic carbocycles. The number of halogens is 9. The van der Waals surface area contributed by atoms with Crippen molar-refractivity contribution in [2.75, 3.05) is 14.1 Å². The van der Waals surface area contributed by atoms with Crippen LogP contribution in [0.5, 0.6) is 0 Å². The van der Waals surface area contributed by atoms with Gasteiger partial charge in [0, 0.05) is 0 Å². The molecule has 0 aliphatic rings. The lowest BCUT2D eigenvalue weighted by atomic mass is 9.99. The second kappa shape index (κ2) is 7.42. The van der Waals surface area contributed by atoms with Gasteiger partial charge >= 0.3 is 33.1 Å². The number of nitrogens with one attached hydrogen (secondary N) is 1. The van der Waals surface area contributed by atoms with E-state index < -0.39 is 45.7 Å². The molecular formula is C9H14F9NO3S. The first-order valence-corrected chi connectivity index (χ1v) is 7.04. The van der Waals surface area contributed by atoms with Crippen molar-refractivity contribution in [3.05, 3.63) is 0 Å². The van der Waals surface area contributed by atoms with Gasteiger partial charge in [-0.15, -0.1) is 0 Å². The number of alkyl halides is 9. The Hall–Kier alpha value is -0.760. The van der Waals surface area contributed by atoms with Crippen LogP contribution in [0, 0.1) is 0 Å². The fourth-order valence-corrected chi connectivity index (χ4v) is 1.46. The molecule has 0 aliphatic carbocycles. The molecule has 0 heterocycles. The quantitative estimate of drug-likeness (QED) is 0.543. The van der Waals surface area contributed by atoms with Gasteiger partial charge in [0.05, 0.1) is 0 Å². The summed E-state index contributed by atoms with van der Waals surface area (Å²) in [5.74, 6) is -20.6. The molecule has 1 atom stereocenters. The normalized spacial score (nSPS) is 15.7. The van der Waals surface area contributed by atoms with Crippen molar-refractivity contribution in [1.82, 2.24) is 5.32 Å². The molecule has 4 nitrogen and oxygen atoms in total. The summed E-state index contributed by atoms with van der Waals surface area (Å²) in [7, 11) is -3.41. The Balaban J connectivity index is 0. The highest BCUT2D eigenvalue weighted by atomic mass is 32.2. The zero-order chi connectivity index (χ0) is 19.5. The second-order valence-electron chi connectivity index (χ2n) is 4.14. The third-order valence-electron chi connectivity index (χ3n) is 2.25. The molecule has 0 saturated carbocycles. The highest BCUT2D eigenvalue weighted by molar-refractivity contribution is 7.87. The van der Waals surface area contributed by atoms with E-state index in [1.165, 1.54) is 0 Å². The fourth-order valence-electron chi connectivity index (χ4n) is 1.01. The Kier molecular flexibility index (Phi) is 7.90. The Labute approximate surface area is 125 Å².